The second kappa shape index (κ2) is 8.70. The molecule has 0 amide bonds. The zero-order valence-electron chi connectivity index (χ0n) is 21.0. The van der Waals surface area contributed by atoms with E-state index in [1.54, 1.807) is 12.7 Å². The molecule has 0 saturated heterocycles. The highest BCUT2D eigenvalue weighted by Crippen LogP contribution is 2.67. The summed E-state index contributed by atoms with van der Waals surface area (Å²) in [6.45, 7) is 2.25. The van der Waals surface area contributed by atoms with Crippen molar-refractivity contribution in [2.45, 2.75) is 63.4 Å². The molecule has 4 aliphatic rings. The lowest BCUT2D eigenvalue weighted by molar-refractivity contribution is -0.114. The predicted octanol–water partition coefficient (Wildman–Crippen LogP) is 5.03. The van der Waals surface area contributed by atoms with Crippen molar-refractivity contribution in [2.24, 2.45) is 17.3 Å². The highest BCUT2D eigenvalue weighted by molar-refractivity contribution is 5.93. The summed E-state index contributed by atoms with van der Waals surface area (Å²) in [4.78, 5) is 14.4. The van der Waals surface area contributed by atoms with Crippen LogP contribution in [0.3, 0.4) is 0 Å². The van der Waals surface area contributed by atoms with Crippen LogP contribution in [0.25, 0.3) is 0 Å². The number of rotatable bonds is 3. The Hall–Kier alpha value is -2.35. The van der Waals surface area contributed by atoms with Gasteiger partial charge in [-0.15, -0.1) is 0 Å². The number of carbonyl (C=O) groups excluding carboxylic acids is 1. The molecule has 4 aliphatic carbocycles. The molecule has 1 unspecified atom stereocenters. The van der Waals surface area contributed by atoms with Gasteiger partial charge in [-0.3, -0.25) is 4.79 Å². The van der Waals surface area contributed by atoms with Crippen molar-refractivity contribution in [3.05, 3.63) is 52.6 Å². The fourth-order valence-electron chi connectivity index (χ4n) is 7.73. The third kappa shape index (κ3) is 3.48. The lowest BCUT2D eigenvalue weighted by atomic mass is 9.51. The zero-order valence-corrected chi connectivity index (χ0v) is 21.0. The average Bonchev–Trinajstić information content (AvgIpc) is 3.14. The van der Waals surface area contributed by atoms with Gasteiger partial charge in [0.2, 0.25) is 0 Å². The molecule has 2 fully saturated rings. The van der Waals surface area contributed by atoms with Crippen molar-refractivity contribution >= 4 is 11.5 Å². The van der Waals surface area contributed by atoms with E-state index < -0.39 is 5.60 Å². The first kappa shape index (κ1) is 23.4. The second-order valence-corrected chi connectivity index (χ2v) is 11.0. The number of nitrogens with zero attached hydrogens (tertiary/aromatic N) is 1. The van der Waals surface area contributed by atoms with Crippen molar-refractivity contribution in [3.63, 3.8) is 0 Å². The van der Waals surface area contributed by atoms with Gasteiger partial charge >= 0.3 is 0 Å². The fraction of sp³-hybridized carbons (Fsp3) is 0.567. The first-order valence-electron chi connectivity index (χ1n) is 12.7. The molecule has 1 N–H and O–H groups in total. The number of hydrogen-bond acceptors (Lipinski definition) is 4. The van der Waals surface area contributed by atoms with Gasteiger partial charge in [0.25, 0.3) is 0 Å². The summed E-state index contributed by atoms with van der Waals surface area (Å²) in [5.74, 6) is 7.90. The molecule has 180 valence electrons. The zero-order chi connectivity index (χ0) is 24.1. The van der Waals surface area contributed by atoms with Gasteiger partial charge < -0.3 is 14.7 Å². The monoisotopic (exact) mass is 459 g/mol. The van der Waals surface area contributed by atoms with E-state index in [4.69, 9.17) is 4.74 Å². The SMILES string of the molecule is CO[C@@]1(C#CCO)CC[C@H]2[C@@H]3CCC4=CC(=O)CCC4=C3[C@@H](c3ccc(N(C)C)cc3)CC21C. The Morgan fingerprint density at radius 2 is 1.91 bits per heavy atom. The summed E-state index contributed by atoms with van der Waals surface area (Å²) in [5, 5.41) is 9.48. The molecular formula is C30H37NO3. The van der Waals surface area contributed by atoms with Crippen molar-refractivity contribution in [3.8, 4) is 11.8 Å². The summed E-state index contributed by atoms with van der Waals surface area (Å²) in [7, 11) is 5.94. The van der Waals surface area contributed by atoms with E-state index >= 15 is 0 Å². The molecule has 5 atom stereocenters. The number of aliphatic hydroxyl groups is 1. The van der Waals surface area contributed by atoms with Gasteiger partial charge in [0.15, 0.2) is 5.78 Å². The Bertz CT molecular complexity index is 1100. The van der Waals surface area contributed by atoms with E-state index in [0.717, 1.165) is 38.5 Å². The molecule has 0 aliphatic heterocycles. The van der Waals surface area contributed by atoms with Crippen molar-refractivity contribution in [1.82, 2.24) is 0 Å². The Morgan fingerprint density at radius 1 is 1.15 bits per heavy atom. The maximum atomic E-state index is 12.2. The van der Waals surface area contributed by atoms with Crippen LogP contribution in [0.5, 0.6) is 0 Å². The standard InChI is InChI=1S/C30H37NO3/c1-29-19-26(20-6-9-22(10-7-20)31(2)3)28-24-13-11-23(33)18-21(24)8-12-25(28)27(29)14-16-30(29,34-4)15-5-17-32/h6-7,9-10,18,25-27,32H,8,11-14,16-17,19H2,1-4H3/t25-,26+,27-,29?,30-/m0/s1. The van der Waals surface area contributed by atoms with Gasteiger partial charge in [-0.1, -0.05) is 36.5 Å². The number of allylic oxidation sites excluding steroid dienone is 4. The average molecular weight is 460 g/mol. The molecule has 5 rings (SSSR count). The molecule has 0 aromatic heterocycles. The molecule has 0 bridgehead atoms. The number of anilines is 1. The number of fused-ring (bicyclic) bond motifs is 4. The van der Waals surface area contributed by atoms with E-state index in [9.17, 15) is 9.90 Å². The number of ketones is 1. The molecule has 0 spiro atoms. The van der Waals surface area contributed by atoms with E-state index in [1.165, 1.54) is 22.4 Å². The number of benzene rings is 1. The Kier molecular flexibility index (Phi) is 5.99. The minimum atomic E-state index is -0.531. The summed E-state index contributed by atoms with van der Waals surface area (Å²) in [6, 6.07) is 9.03. The highest BCUT2D eigenvalue weighted by atomic mass is 16.5. The van der Waals surface area contributed by atoms with Crippen molar-refractivity contribution in [1.29, 1.82) is 0 Å². The fourth-order valence-corrected chi connectivity index (χ4v) is 7.73. The minimum absolute atomic E-state index is 0.102. The topological polar surface area (TPSA) is 49.8 Å². The smallest absolute Gasteiger partial charge is 0.156 e. The van der Waals surface area contributed by atoms with Gasteiger partial charge in [0, 0.05) is 44.6 Å². The quantitative estimate of drug-likeness (QED) is 0.644. The predicted molar refractivity (Wildman–Crippen MR) is 136 cm³/mol. The normalized spacial score (nSPS) is 34.4. The maximum absolute atomic E-state index is 12.2. The van der Waals surface area contributed by atoms with Crippen LogP contribution in [-0.4, -0.2) is 44.3 Å². The van der Waals surface area contributed by atoms with Crippen LogP contribution < -0.4 is 4.90 Å². The molecule has 0 heterocycles. The number of aliphatic hydroxyl groups excluding tert-OH is 1. The van der Waals surface area contributed by atoms with Crippen LogP contribution in [0.2, 0.25) is 0 Å². The third-order valence-electron chi connectivity index (χ3n) is 9.38. The van der Waals surface area contributed by atoms with Gasteiger partial charge in [-0.05, 0) is 85.3 Å². The van der Waals surface area contributed by atoms with Gasteiger partial charge in [-0.25, -0.2) is 0 Å². The van der Waals surface area contributed by atoms with Crippen LogP contribution >= 0.6 is 0 Å². The largest absolute Gasteiger partial charge is 0.384 e. The molecular weight excluding hydrogens is 422 g/mol. The molecule has 2 saturated carbocycles. The molecule has 1 aromatic rings. The molecule has 4 heteroatoms. The second-order valence-electron chi connectivity index (χ2n) is 11.0. The van der Waals surface area contributed by atoms with Crippen LogP contribution in [0, 0.1) is 29.1 Å². The summed E-state index contributed by atoms with van der Waals surface area (Å²) in [6.07, 6.45) is 8.51. The molecule has 34 heavy (non-hydrogen) atoms. The Balaban J connectivity index is 1.67. The van der Waals surface area contributed by atoms with Crippen LogP contribution in [-0.2, 0) is 9.53 Å². The van der Waals surface area contributed by atoms with Gasteiger partial charge in [0.05, 0.1) is 0 Å². The molecule has 0 radical (unpaired) electrons. The number of carbonyl (C=O) groups is 1. The maximum Gasteiger partial charge on any atom is 0.156 e. The highest BCUT2D eigenvalue weighted by Gasteiger charge is 2.63. The van der Waals surface area contributed by atoms with E-state index in [0.29, 0.717) is 18.3 Å². The Labute approximate surface area is 204 Å². The summed E-state index contributed by atoms with van der Waals surface area (Å²) >= 11 is 0. The van der Waals surface area contributed by atoms with Crippen LogP contribution in [0.15, 0.2) is 47.1 Å². The molecule has 1 aromatic carbocycles. The van der Waals surface area contributed by atoms with Gasteiger partial charge in [-0.2, -0.15) is 0 Å². The summed E-state index contributed by atoms with van der Waals surface area (Å²) in [5.41, 5.74) is 6.26. The number of ether oxygens (including phenoxy) is 1. The van der Waals surface area contributed by atoms with Gasteiger partial charge in [0.1, 0.15) is 12.2 Å². The lowest BCUT2D eigenvalue weighted by Gasteiger charge is -2.54. The first-order chi connectivity index (χ1) is 16.3. The van der Waals surface area contributed by atoms with Crippen LogP contribution in [0.1, 0.15) is 63.4 Å². The van der Waals surface area contributed by atoms with Crippen molar-refractivity contribution < 1.29 is 14.6 Å². The van der Waals surface area contributed by atoms with Crippen LogP contribution in [0.4, 0.5) is 5.69 Å². The van der Waals surface area contributed by atoms with E-state index in [-0.39, 0.29) is 23.7 Å². The van der Waals surface area contributed by atoms with E-state index in [1.807, 2.05) is 6.08 Å². The van der Waals surface area contributed by atoms with E-state index in [2.05, 4.69) is 62.0 Å². The first-order valence-corrected chi connectivity index (χ1v) is 12.7. The van der Waals surface area contributed by atoms with Crippen molar-refractivity contribution in [2.75, 3.05) is 32.7 Å². The number of hydrogen-bond donors (Lipinski definition) is 1. The molecule has 4 nitrogen and oxygen atoms in total. The lowest BCUT2D eigenvalue weighted by Crippen LogP contribution is -2.52. The number of methoxy groups -OCH3 is 1. The third-order valence-corrected chi connectivity index (χ3v) is 9.38. The Morgan fingerprint density at radius 3 is 2.59 bits per heavy atom. The summed E-state index contributed by atoms with van der Waals surface area (Å²) < 4.78 is 6.25. The minimum Gasteiger partial charge on any atom is -0.384 e.